The lowest BCUT2D eigenvalue weighted by Gasteiger charge is -2.10. The Morgan fingerprint density at radius 3 is 2.43 bits per heavy atom. The number of nitrogens with one attached hydrogen (secondary N) is 1. The van der Waals surface area contributed by atoms with Gasteiger partial charge in [-0.05, 0) is 42.8 Å². The van der Waals surface area contributed by atoms with Crippen molar-refractivity contribution >= 4 is 26.6 Å². The molecule has 6 nitrogen and oxygen atoms in total. The minimum absolute atomic E-state index is 0.0512. The van der Waals surface area contributed by atoms with Crippen molar-refractivity contribution in [1.29, 1.82) is 0 Å². The largest absolute Gasteiger partial charge is 0.501 e. The Morgan fingerprint density at radius 1 is 1.03 bits per heavy atom. The number of aromatic nitrogens is 1. The number of nitrogens with zero attached hydrogens (tertiary/aromatic N) is 1. The van der Waals surface area contributed by atoms with Crippen molar-refractivity contribution in [2.45, 2.75) is 16.8 Å². The molecule has 2 aromatic carbocycles. The van der Waals surface area contributed by atoms with Crippen LogP contribution in [0.15, 0.2) is 65.7 Å². The number of amides is 1. The Morgan fingerprint density at radius 2 is 1.73 bits per heavy atom. The molecule has 1 amide bonds. The van der Waals surface area contributed by atoms with E-state index in [1.807, 2.05) is 24.3 Å². The molecular formula is C20H17F3N2O4S. The first-order chi connectivity index (χ1) is 14.2. The van der Waals surface area contributed by atoms with Crippen LogP contribution in [0.5, 0.6) is 5.75 Å². The molecule has 0 saturated carbocycles. The number of para-hydroxylation sites is 1. The highest BCUT2D eigenvalue weighted by Gasteiger charge is 2.46. The van der Waals surface area contributed by atoms with Crippen LogP contribution in [0.25, 0.3) is 10.9 Å². The number of ether oxygens (including phenoxy) is 1. The topological polar surface area (TPSA) is 85.4 Å². The number of halogens is 3. The summed E-state index contributed by atoms with van der Waals surface area (Å²) in [4.78, 5) is 15.4. The van der Waals surface area contributed by atoms with Crippen molar-refractivity contribution in [2.75, 3.05) is 13.2 Å². The van der Waals surface area contributed by atoms with Crippen LogP contribution in [0.4, 0.5) is 13.2 Å². The molecule has 0 spiro atoms. The van der Waals surface area contributed by atoms with Gasteiger partial charge in [-0.3, -0.25) is 9.78 Å². The van der Waals surface area contributed by atoms with Gasteiger partial charge in [0, 0.05) is 23.7 Å². The summed E-state index contributed by atoms with van der Waals surface area (Å²) in [5, 5.41) is 3.55. The molecule has 1 aromatic heterocycles. The molecule has 3 rings (SSSR count). The summed E-state index contributed by atoms with van der Waals surface area (Å²) in [6, 6.07) is 12.9. The molecule has 0 radical (unpaired) electrons. The molecule has 0 fully saturated rings. The van der Waals surface area contributed by atoms with E-state index in [9.17, 15) is 26.4 Å². The third-order valence-electron chi connectivity index (χ3n) is 4.19. The zero-order chi connectivity index (χ0) is 21.8. The van der Waals surface area contributed by atoms with Gasteiger partial charge < -0.3 is 10.1 Å². The first kappa shape index (κ1) is 21.6. The number of hydrogen-bond acceptors (Lipinski definition) is 5. The number of sulfone groups is 1. The van der Waals surface area contributed by atoms with Crippen molar-refractivity contribution in [1.82, 2.24) is 10.3 Å². The van der Waals surface area contributed by atoms with Crippen LogP contribution in [-0.4, -0.2) is 38.0 Å². The average molecular weight is 438 g/mol. The van der Waals surface area contributed by atoms with Crippen molar-refractivity contribution in [3.05, 3.63) is 66.4 Å². The number of carbonyl (C=O) groups is 1. The van der Waals surface area contributed by atoms with Crippen molar-refractivity contribution in [3.63, 3.8) is 0 Å². The van der Waals surface area contributed by atoms with Gasteiger partial charge in [0.1, 0.15) is 11.3 Å². The first-order valence-corrected chi connectivity index (χ1v) is 10.3. The minimum Gasteiger partial charge on any atom is -0.491 e. The Labute approximate surface area is 170 Å². The fraction of sp³-hybridized carbons (Fsp3) is 0.200. The molecule has 0 atom stereocenters. The highest BCUT2D eigenvalue weighted by atomic mass is 32.2. The summed E-state index contributed by atoms with van der Waals surface area (Å²) in [6.07, 6.45) is 2.15. The molecule has 0 bridgehead atoms. The summed E-state index contributed by atoms with van der Waals surface area (Å²) < 4.78 is 66.0. The SMILES string of the molecule is O=C(NCCCOc1cccc2cccnc12)c1ccc(S(=O)(=O)C(F)(F)F)cc1. The highest BCUT2D eigenvalue weighted by molar-refractivity contribution is 7.92. The number of pyridine rings is 1. The maximum absolute atomic E-state index is 12.5. The maximum atomic E-state index is 12.5. The summed E-state index contributed by atoms with van der Waals surface area (Å²) in [7, 11) is -5.44. The lowest BCUT2D eigenvalue weighted by atomic mass is 10.2. The zero-order valence-corrected chi connectivity index (χ0v) is 16.3. The van der Waals surface area contributed by atoms with Gasteiger partial charge in [0.25, 0.3) is 15.7 Å². The Kier molecular flexibility index (Phi) is 6.25. The first-order valence-electron chi connectivity index (χ1n) is 8.86. The molecule has 1 N–H and O–H groups in total. The number of alkyl halides is 3. The van der Waals surface area contributed by atoms with E-state index in [1.54, 1.807) is 12.3 Å². The van der Waals surface area contributed by atoms with E-state index in [4.69, 9.17) is 4.74 Å². The number of rotatable bonds is 7. The molecular weight excluding hydrogens is 421 g/mol. The van der Waals surface area contributed by atoms with Crippen LogP contribution in [0.3, 0.4) is 0 Å². The summed E-state index contributed by atoms with van der Waals surface area (Å²) in [6.45, 7) is 0.582. The Bertz CT molecular complexity index is 1140. The maximum Gasteiger partial charge on any atom is 0.501 e. The predicted molar refractivity (Wildman–Crippen MR) is 104 cm³/mol. The van der Waals surface area contributed by atoms with E-state index < -0.39 is 26.1 Å². The third-order valence-corrected chi connectivity index (χ3v) is 5.69. The second-order valence-corrected chi connectivity index (χ2v) is 8.20. The van der Waals surface area contributed by atoms with Gasteiger partial charge >= 0.3 is 5.51 Å². The minimum atomic E-state index is -5.44. The smallest absolute Gasteiger partial charge is 0.491 e. The van der Waals surface area contributed by atoms with Crippen molar-refractivity contribution < 1.29 is 31.1 Å². The van der Waals surface area contributed by atoms with Crippen LogP contribution >= 0.6 is 0 Å². The van der Waals surface area contributed by atoms with Gasteiger partial charge in [0.2, 0.25) is 0 Å². The van der Waals surface area contributed by atoms with Crippen molar-refractivity contribution in [3.8, 4) is 5.75 Å². The standard InChI is InChI=1S/C20H17F3N2O4S/c21-20(22,23)30(27,28)16-9-7-15(8-10-16)19(26)25-12-3-13-29-17-6-1-4-14-5-2-11-24-18(14)17/h1-2,4-11H,3,12-13H2,(H,25,26). The molecule has 0 saturated heterocycles. The van der Waals surface area contributed by atoms with Gasteiger partial charge in [-0.15, -0.1) is 0 Å². The lowest BCUT2D eigenvalue weighted by molar-refractivity contribution is -0.0436. The Balaban J connectivity index is 1.50. The number of benzene rings is 2. The van der Waals surface area contributed by atoms with Crippen LogP contribution in [-0.2, 0) is 9.84 Å². The molecule has 0 aliphatic carbocycles. The molecule has 3 aromatic rings. The second kappa shape index (κ2) is 8.70. The number of fused-ring (bicyclic) bond motifs is 1. The van der Waals surface area contributed by atoms with E-state index >= 15 is 0 Å². The highest BCUT2D eigenvalue weighted by Crippen LogP contribution is 2.30. The van der Waals surface area contributed by atoms with E-state index in [-0.39, 0.29) is 12.1 Å². The van der Waals surface area contributed by atoms with E-state index in [0.717, 1.165) is 35.2 Å². The third kappa shape index (κ3) is 4.70. The van der Waals surface area contributed by atoms with Crippen LogP contribution in [0, 0.1) is 0 Å². The summed E-state index contributed by atoms with van der Waals surface area (Å²) in [5.74, 6) is 0.0960. The molecule has 0 unspecified atom stereocenters. The summed E-state index contributed by atoms with van der Waals surface area (Å²) >= 11 is 0. The van der Waals surface area contributed by atoms with Gasteiger partial charge in [0.15, 0.2) is 0 Å². The Hall–Kier alpha value is -3.14. The number of hydrogen-bond donors (Lipinski definition) is 1. The van der Waals surface area contributed by atoms with Gasteiger partial charge in [-0.1, -0.05) is 18.2 Å². The molecule has 10 heteroatoms. The molecule has 0 aliphatic heterocycles. The average Bonchev–Trinajstić information content (AvgIpc) is 2.72. The van der Waals surface area contributed by atoms with Crippen molar-refractivity contribution in [2.24, 2.45) is 0 Å². The van der Waals surface area contributed by atoms with Crippen LogP contribution in [0.1, 0.15) is 16.8 Å². The number of carbonyl (C=O) groups excluding carboxylic acids is 1. The molecule has 30 heavy (non-hydrogen) atoms. The van der Waals surface area contributed by atoms with E-state index in [0.29, 0.717) is 18.8 Å². The van der Waals surface area contributed by atoms with Gasteiger partial charge in [-0.25, -0.2) is 8.42 Å². The van der Waals surface area contributed by atoms with Gasteiger partial charge in [0.05, 0.1) is 11.5 Å². The predicted octanol–water partition coefficient (Wildman–Crippen LogP) is 3.73. The van der Waals surface area contributed by atoms with E-state index in [2.05, 4.69) is 10.3 Å². The van der Waals surface area contributed by atoms with Gasteiger partial charge in [-0.2, -0.15) is 13.2 Å². The fourth-order valence-corrected chi connectivity index (χ4v) is 3.43. The second-order valence-electron chi connectivity index (χ2n) is 6.26. The summed E-state index contributed by atoms with van der Waals surface area (Å²) in [5.41, 5.74) is -4.61. The van der Waals surface area contributed by atoms with E-state index in [1.165, 1.54) is 0 Å². The fourth-order valence-electron chi connectivity index (χ4n) is 2.67. The molecule has 158 valence electrons. The zero-order valence-electron chi connectivity index (χ0n) is 15.5. The quantitative estimate of drug-likeness (QED) is 0.569. The molecule has 0 aliphatic rings. The molecule has 1 heterocycles. The lowest BCUT2D eigenvalue weighted by Crippen LogP contribution is -2.26. The van der Waals surface area contributed by atoms with Crippen LogP contribution in [0.2, 0.25) is 0 Å². The normalized spacial score (nSPS) is 12.0. The van der Waals surface area contributed by atoms with Crippen LogP contribution < -0.4 is 10.1 Å². The monoisotopic (exact) mass is 438 g/mol.